The Labute approximate surface area is 175 Å². The lowest BCUT2D eigenvalue weighted by molar-refractivity contribution is -0.384. The number of nitro benzene ring substituents is 1. The highest BCUT2D eigenvalue weighted by Gasteiger charge is 2.25. The van der Waals surface area contributed by atoms with Crippen molar-refractivity contribution in [2.24, 2.45) is 0 Å². The Hall–Kier alpha value is -2.98. The number of carbonyl (C=O) groups is 1. The second-order valence-corrected chi connectivity index (χ2v) is 8.85. The van der Waals surface area contributed by atoms with Crippen molar-refractivity contribution < 1.29 is 18.1 Å². The van der Waals surface area contributed by atoms with Crippen molar-refractivity contribution in [3.63, 3.8) is 0 Å². The summed E-state index contributed by atoms with van der Waals surface area (Å²) in [6, 6.07) is 13.1. The molecule has 9 nitrogen and oxygen atoms in total. The monoisotopic (exact) mass is 432 g/mol. The number of para-hydroxylation sites is 2. The molecule has 0 bridgehead atoms. The van der Waals surface area contributed by atoms with Crippen LogP contribution < -0.4 is 9.62 Å². The van der Waals surface area contributed by atoms with Crippen LogP contribution in [0.5, 0.6) is 0 Å². The standard InChI is InChI=1S/C20H24N4O5S/c1-21-30(28,29)17-9-6-16(7-10-17)8-11-20(25)23-14-12-22(13-15-23)18-4-2-3-5-19(18)24(26)27/h2-7,9-10,21H,8,11-15H2,1H3. The van der Waals surface area contributed by atoms with Gasteiger partial charge in [-0.2, -0.15) is 0 Å². The van der Waals surface area contributed by atoms with E-state index in [0.29, 0.717) is 44.7 Å². The van der Waals surface area contributed by atoms with Crippen molar-refractivity contribution in [1.82, 2.24) is 9.62 Å². The molecule has 160 valence electrons. The van der Waals surface area contributed by atoms with E-state index in [9.17, 15) is 23.3 Å². The minimum absolute atomic E-state index is 0.0177. The number of hydrogen-bond donors (Lipinski definition) is 1. The predicted molar refractivity (Wildman–Crippen MR) is 113 cm³/mol. The van der Waals surface area contributed by atoms with Crippen LogP contribution in [-0.2, 0) is 21.2 Å². The first-order valence-corrected chi connectivity index (χ1v) is 11.1. The van der Waals surface area contributed by atoms with Crippen LogP contribution >= 0.6 is 0 Å². The van der Waals surface area contributed by atoms with Crippen LogP contribution in [0.15, 0.2) is 53.4 Å². The molecule has 30 heavy (non-hydrogen) atoms. The van der Waals surface area contributed by atoms with Gasteiger partial charge in [0.1, 0.15) is 5.69 Å². The molecule has 1 aliphatic rings. The van der Waals surface area contributed by atoms with E-state index in [2.05, 4.69) is 4.72 Å². The summed E-state index contributed by atoms with van der Waals surface area (Å²) in [5, 5.41) is 11.2. The van der Waals surface area contributed by atoms with E-state index < -0.39 is 10.0 Å². The molecular weight excluding hydrogens is 408 g/mol. The van der Waals surface area contributed by atoms with E-state index in [-0.39, 0.29) is 21.4 Å². The Balaban J connectivity index is 1.53. The number of sulfonamides is 1. The van der Waals surface area contributed by atoms with Crippen LogP contribution in [0.1, 0.15) is 12.0 Å². The van der Waals surface area contributed by atoms with Crippen LogP contribution in [0.2, 0.25) is 0 Å². The molecule has 0 atom stereocenters. The smallest absolute Gasteiger partial charge is 0.292 e. The van der Waals surface area contributed by atoms with Crippen molar-refractivity contribution in [2.75, 3.05) is 38.1 Å². The zero-order chi connectivity index (χ0) is 21.7. The third-order valence-corrected chi connectivity index (χ3v) is 6.61. The van der Waals surface area contributed by atoms with Crippen molar-refractivity contribution in [1.29, 1.82) is 0 Å². The fourth-order valence-corrected chi connectivity index (χ4v) is 4.18. The van der Waals surface area contributed by atoms with Gasteiger partial charge in [-0.15, -0.1) is 0 Å². The van der Waals surface area contributed by atoms with Gasteiger partial charge in [0.25, 0.3) is 5.69 Å². The third-order valence-electron chi connectivity index (χ3n) is 5.18. The second-order valence-electron chi connectivity index (χ2n) is 6.97. The molecule has 0 aromatic heterocycles. The lowest BCUT2D eigenvalue weighted by Crippen LogP contribution is -2.49. The Morgan fingerprint density at radius 2 is 1.70 bits per heavy atom. The number of anilines is 1. The molecule has 0 saturated carbocycles. The number of carbonyl (C=O) groups excluding carboxylic acids is 1. The molecular formula is C20H24N4O5S. The molecule has 1 aliphatic heterocycles. The van der Waals surface area contributed by atoms with Crippen LogP contribution in [0, 0.1) is 10.1 Å². The van der Waals surface area contributed by atoms with Crippen molar-refractivity contribution in [2.45, 2.75) is 17.7 Å². The maximum Gasteiger partial charge on any atom is 0.292 e. The SMILES string of the molecule is CNS(=O)(=O)c1ccc(CCC(=O)N2CCN(c3ccccc3[N+](=O)[O-])CC2)cc1. The molecule has 0 radical (unpaired) electrons. The Kier molecular flexibility index (Phi) is 6.68. The van der Waals surface area contributed by atoms with Gasteiger partial charge in [-0.25, -0.2) is 13.1 Å². The topological polar surface area (TPSA) is 113 Å². The summed E-state index contributed by atoms with van der Waals surface area (Å²) in [4.78, 5) is 27.3. The molecule has 10 heteroatoms. The summed E-state index contributed by atoms with van der Waals surface area (Å²) in [5.41, 5.74) is 1.53. The number of nitro groups is 1. The van der Waals surface area contributed by atoms with E-state index in [0.717, 1.165) is 5.56 Å². The predicted octanol–water partition coefficient (Wildman–Crippen LogP) is 1.78. The highest BCUT2D eigenvalue weighted by molar-refractivity contribution is 7.89. The van der Waals surface area contributed by atoms with E-state index in [4.69, 9.17) is 0 Å². The fourth-order valence-electron chi connectivity index (χ4n) is 3.45. The maximum absolute atomic E-state index is 12.6. The van der Waals surface area contributed by atoms with E-state index in [1.165, 1.54) is 25.2 Å². The summed E-state index contributed by atoms with van der Waals surface area (Å²) < 4.78 is 25.8. The average molecular weight is 433 g/mol. The fraction of sp³-hybridized carbons (Fsp3) is 0.350. The van der Waals surface area contributed by atoms with Gasteiger partial charge >= 0.3 is 0 Å². The number of hydrogen-bond acceptors (Lipinski definition) is 6. The van der Waals surface area contributed by atoms with E-state index >= 15 is 0 Å². The molecule has 1 saturated heterocycles. The van der Waals surface area contributed by atoms with Gasteiger partial charge in [-0.1, -0.05) is 24.3 Å². The number of amides is 1. The molecule has 2 aromatic rings. The molecule has 2 aromatic carbocycles. The molecule has 0 spiro atoms. The first-order valence-electron chi connectivity index (χ1n) is 9.60. The number of nitrogens with one attached hydrogen (secondary N) is 1. The number of piperazine rings is 1. The zero-order valence-electron chi connectivity index (χ0n) is 16.7. The van der Waals surface area contributed by atoms with E-state index in [1.54, 1.807) is 35.2 Å². The molecule has 1 heterocycles. The molecule has 1 amide bonds. The minimum atomic E-state index is -3.47. The molecule has 1 N–H and O–H groups in total. The summed E-state index contributed by atoms with van der Waals surface area (Å²) in [5.74, 6) is 0.0177. The van der Waals surface area contributed by atoms with Gasteiger partial charge in [-0.3, -0.25) is 14.9 Å². The van der Waals surface area contributed by atoms with Crippen LogP contribution in [0.4, 0.5) is 11.4 Å². The van der Waals surface area contributed by atoms with Crippen LogP contribution in [-0.4, -0.2) is 57.4 Å². The first-order chi connectivity index (χ1) is 14.3. The largest absolute Gasteiger partial charge is 0.362 e. The lowest BCUT2D eigenvalue weighted by Gasteiger charge is -2.35. The van der Waals surface area contributed by atoms with Crippen LogP contribution in [0.25, 0.3) is 0 Å². The van der Waals surface area contributed by atoms with Crippen LogP contribution in [0.3, 0.4) is 0 Å². The van der Waals surface area contributed by atoms with Crippen molar-refractivity contribution in [3.8, 4) is 0 Å². The third kappa shape index (κ3) is 4.95. The van der Waals surface area contributed by atoms with Gasteiger partial charge in [0.2, 0.25) is 15.9 Å². The van der Waals surface area contributed by atoms with Gasteiger partial charge in [0.05, 0.1) is 9.82 Å². The van der Waals surface area contributed by atoms with Crippen molar-refractivity contribution >= 4 is 27.3 Å². The van der Waals surface area contributed by atoms with Gasteiger partial charge in [0, 0.05) is 38.7 Å². The normalized spacial score (nSPS) is 14.6. The highest BCUT2D eigenvalue weighted by atomic mass is 32.2. The Morgan fingerprint density at radius 3 is 2.30 bits per heavy atom. The molecule has 3 rings (SSSR count). The summed E-state index contributed by atoms with van der Waals surface area (Å²) >= 11 is 0. The first kappa shape index (κ1) is 21.7. The number of nitrogens with zero attached hydrogens (tertiary/aromatic N) is 3. The quantitative estimate of drug-likeness (QED) is 0.527. The maximum atomic E-state index is 12.6. The minimum Gasteiger partial charge on any atom is -0.362 e. The zero-order valence-corrected chi connectivity index (χ0v) is 17.5. The van der Waals surface area contributed by atoms with Crippen molar-refractivity contribution in [3.05, 3.63) is 64.2 Å². The average Bonchev–Trinajstić information content (AvgIpc) is 2.77. The summed E-state index contributed by atoms with van der Waals surface area (Å²) in [7, 11) is -2.11. The lowest BCUT2D eigenvalue weighted by atomic mass is 10.1. The second kappa shape index (κ2) is 9.23. The number of rotatable bonds is 7. The molecule has 1 fully saturated rings. The summed E-state index contributed by atoms with van der Waals surface area (Å²) in [6.07, 6.45) is 0.840. The Morgan fingerprint density at radius 1 is 1.07 bits per heavy atom. The summed E-state index contributed by atoms with van der Waals surface area (Å²) in [6.45, 7) is 2.08. The number of benzene rings is 2. The Bertz CT molecular complexity index is 1020. The van der Waals surface area contributed by atoms with Gasteiger partial charge in [-0.05, 0) is 37.2 Å². The van der Waals surface area contributed by atoms with Gasteiger partial charge < -0.3 is 9.80 Å². The number of aryl methyl sites for hydroxylation is 1. The highest BCUT2D eigenvalue weighted by Crippen LogP contribution is 2.28. The van der Waals surface area contributed by atoms with Gasteiger partial charge in [0.15, 0.2) is 0 Å². The molecule has 0 aliphatic carbocycles. The van der Waals surface area contributed by atoms with E-state index in [1.807, 2.05) is 4.90 Å². The molecule has 0 unspecified atom stereocenters.